The van der Waals surface area contributed by atoms with Crippen LogP contribution in [-0.2, 0) is 20.5 Å². The van der Waals surface area contributed by atoms with Crippen LogP contribution in [0.25, 0.3) is 0 Å². The summed E-state index contributed by atoms with van der Waals surface area (Å²) >= 11 is 0. The SMILES string of the molecule is CC(CC(=O)OCC(=O)Nc1cccc(C(=O)Nc2cccc(C(F)(F)F)c2)c1)c1ccccc1. The molecule has 0 heterocycles. The predicted octanol–water partition coefficient (Wildman–Crippen LogP) is 5.63. The van der Waals surface area contributed by atoms with Crippen molar-refractivity contribution >= 4 is 29.2 Å². The van der Waals surface area contributed by atoms with Crippen LogP contribution in [0.3, 0.4) is 0 Å². The molecular formula is C26H23F3N2O4. The van der Waals surface area contributed by atoms with E-state index in [9.17, 15) is 27.6 Å². The molecule has 1 unspecified atom stereocenters. The van der Waals surface area contributed by atoms with Gasteiger partial charge in [-0.05, 0) is 47.9 Å². The molecule has 182 valence electrons. The highest BCUT2D eigenvalue weighted by Gasteiger charge is 2.30. The molecule has 0 bridgehead atoms. The Balaban J connectivity index is 1.52. The van der Waals surface area contributed by atoms with Crippen molar-refractivity contribution in [2.45, 2.75) is 25.4 Å². The Morgan fingerprint density at radius 3 is 2.20 bits per heavy atom. The molecule has 0 aliphatic rings. The van der Waals surface area contributed by atoms with E-state index in [0.29, 0.717) is 0 Å². The summed E-state index contributed by atoms with van der Waals surface area (Å²) in [6, 6.07) is 19.5. The van der Waals surface area contributed by atoms with Crippen molar-refractivity contribution in [3.05, 3.63) is 95.6 Å². The van der Waals surface area contributed by atoms with Crippen LogP contribution in [0.15, 0.2) is 78.9 Å². The van der Waals surface area contributed by atoms with E-state index >= 15 is 0 Å². The van der Waals surface area contributed by atoms with Crippen LogP contribution in [0.5, 0.6) is 0 Å². The minimum Gasteiger partial charge on any atom is -0.456 e. The molecule has 0 saturated heterocycles. The second kappa shape index (κ2) is 11.3. The molecule has 6 nitrogen and oxygen atoms in total. The van der Waals surface area contributed by atoms with E-state index in [0.717, 1.165) is 17.7 Å². The Kier molecular flexibility index (Phi) is 8.25. The molecule has 3 aromatic carbocycles. The maximum absolute atomic E-state index is 12.9. The highest BCUT2D eigenvalue weighted by atomic mass is 19.4. The van der Waals surface area contributed by atoms with E-state index in [1.807, 2.05) is 37.3 Å². The number of halogens is 3. The molecule has 0 aromatic heterocycles. The fourth-order valence-corrected chi connectivity index (χ4v) is 3.27. The normalized spacial score (nSPS) is 11.9. The van der Waals surface area contributed by atoms with E-state index < -0.39 is 36.1 Å². The summed E-state index contributed by atoms with van der Waals surface area (Å²) < 4.78 is 43.7. The zero-order valence-electron chi connectivity index (χ0n) is 18.8. The Hall–Kier alpha value is -4.14. The number of nitrogens with one attached hydrogen (secondary N) is 2. The third-order valence-electron chi connectivity index (χ3n) is 5.06. The Labute approximate surface area is 200 Å². The third kappa shape index (κ3) is 7.70. The van der Waals surface area contributed by atoms with Crippen molar-refractivity contribution in [1.82, 2.24) is 0 Å². The number of carbonyl (C=O) groups excluding carboxylic acids is 3. The highest BCUT2D eigenvalue weighted by Crippen LogP contribution is 2.30. The molecule has 3 rings (SSSR count). The second-order valence-corrected chi connectivity index (χ2v) is 7.84. The number of hydrogen-bond donors (Lipinski definition) is 2. The fourth-order valence-electron chi connectivity index (χ4n) is 3.27. The molecule has 2 N–H and O–H groups in total. The number of ether oxygens (including phenoxy) is 1. The minimum absolute atomic E-state index is 0.0177. The summed E-state index contributed by atoms with van der Waals surface area (Å²) in [6.07, 6.45) is -4.42. The lowest BCUT2D eigenvalue weighted by atomic mass is 9.98. The molecule has 2 amide bonds. The number of rotatable bonds is 8. The smallest absolute Gasteiger partial charge is 0.416 e. The maximum Gasteiger partial charge on any atom is 0.416 e. The van der Waals surface area contributed by atoms with Gasteiger partial charge in [0.2, 0.25) is 0 Å². The van der Waals surface area contributed by atoms with Gasteiger partial charge in [-0.25, -0.2) is 0 Å². The summed E-state index contributed by atoms with van der Waals surface area (Å²) in [5.41, 5.74) is 0.461. The Bertz CT molecular complexity index is 1200. The van der Waals surface area contributed by atoms with Crippen LogP contribution in [0, 0.1) is 0 Å². The lowest BCUT2D eigenvalue weighted by Crippen LogP contribution is -2.21. The number of anilines is 2. The lowest BCUT2D eigenvalue weighted by molar-refractivity contribution is -0.147. The zero-order valence-corrected chi connectivity index (χ0v) is 18.8. The van der Waals surface area contributed by atoms with Gasteiger partial charge < -0.3 is 15.4 Å². The van der Waals surface area contributed by atoms with Crippen molar-refractivity contribution in [3.63, 3.8) is 0 Å². The third-order valence-corrected chi connectivity index (χ3v) is 5.06. The number of amides is 2. The van der Waals surface area contributed by atoms with Crippen molar-refractivity contribution in [3.8, 4) is 0 Å². The summed E-state index contributed by atoms with van der Waals surface area (Å²) in [7, 11) is 0. The van der Waals surface area contributed by atoms with Gasteiger partial charge in [0.25, 0.3) is 11.8 Å². The molecule has 0 aliphatic heterocycles. The molecular weight excluding hydrogens is 461 g/mol. The van der Waals surface area contributed by atoms with E-state index in [-0.39, 0.29) is 29.3 Å². The standard InChI is InChI=1S/C26H23F3N2O4/c1-17(18-7-3-2-4-8-18)13-24(33)35-16-23(32)30-21-11-5-9-19(14-21)25(34)31-22-12-6-10-20(15-22)26(27,28)29/h2-12,14-15,17H,13,16H2,1H3,(H,30,32)(H,31,34). The first-order chi connectivity index (χ1) is 16.6. The van der Waals surface area contributed by atoms with Crippen LogP contribution in [0.2, 0.25) is 0 Å². The summed E-state index contributed by atoms with van der Waals surface area (Å²) in [5.74, 6) is -1.84. The lowest BCUT2D eigenvalue weighted by Gasteiger charge is -2.12. The minimum atomic E-state index is -4.53. The average Bonchev–Trinajstić information content (AvgIpc) is 2.83. The summed E-state index contributed by atoms with van der Waals surface area (Å²) in [4.78, 5) is 36.7. The number of benzene rings is 3. The first-order valence-electron chi connectivity index (χ1n) is 10.7. The molecule has 0 saturated carbocycles. The summed E-state index contributed by atoms with van der Waals surface area (Å²) in [5, 5.41) is 4.93. The van der Waals surface area contributed by atoms with Crippen LogP contribution >= 0.6 is 0 Å². The molecule has 0 fully saturated rings. The second-order valence-electron chi connectivity index (χ2n) is 7.84. The number of carbonyl (C=O) groups is 3. The molecule has 35 heavy (non-hydrogen) atoms. The maximum atomic E-state index is 12.9. The van der Waals surface area contributed by atoms with E-state index in [1.54, 1.807) is 0 Å². The largest absolute Gasteiger partial charge is 0.456 e. The van der Waals surface area contributed by atoms with Gasteiger partial charge in [0.05, 0.1) is 12.0 Å². The van der Waals surface area contributed by atoms with Crippen LogP contribution < -0.4 is 10.6 Å². The predicted molar refractivity (Wildman–Crippen MR) is 125 cm³/mol. The average molecular weight is 484 g/mol. The first kappa shape index (κ1) is 25.5. The number of esters is 1. The van der Waals surface area contributed by atoms with Gasteiger partial charge in [-0.1, -0.05) is 49.4 Å². The van der Waals surface area contributed by atoms with Gasteiger partial charge in [-0.15, -0.1) is 0 Å². The number of alkyl halides is 3. The molecule has 0 spiro atoms. The van der Waals surface area contributed by atoms with Crippen molar-refractivity contribution in [2.24, 2.45) is 0 Å². The zero-order chi connectivity index (χ0) is 25.4. The van der Waals surface area contributed by atoms with Crippen molar-refractivity contribution < 1.29 is 32.3 Å². The molecule has 9 heteroatoms. The molecule has 1 atom stereocenters. The summed E-state index contributed by atoms with van der Waals surface area (Å²) in [6.45, 7) is 1.38. The van der Waals surface area contributed by atoms with Crippen LogP contribution in [-0.4, -0.2) is 24.4 Å². The first-order valence-corrected chi connectivity index (χ1v) is 10.7. The molecule has 3 aromatic rings. The van der Waals surface area contributed by atoms with E-state index in [1.165, 1.54) is 36.4 Å². The van der Waals surface area contributed by atoms with Gasteiger partial charge in [-0.2, -0.15) is 13.2 Å². The van der Waals surface area contributed by atoms with Gasteiger partial charge in [0.1, 0.15) is 0 Å². The number of hydrogen-bond acceptors (Lipinski definition) is 4. The van der Waals surface area contributed by atoms with Crippen molar-refractivity contribution in [1.29, 1.82) is 0 Å². The van der Waals surface area contributed by atoms with Gasteiger partial charge in [0.15, 0.2) is 6.61 Å². The highest BCUT2D eigenvalue weighted by molar-refractivity contribution is 6.05. The monoisotopic (exact) mass is 484 g/mol. The topological polar surface area (TPSA) is 84.5 Å². The van der Waals surface area contributed by atoms with Crippen LogP contribution in [0.1, 0.15) is 40.7 Å². The molecule has 0 radical (unpaired) electrons. The fraction of sp³-hybridized carbons (Fsp3) is 0.192. The van der Waals surface area contributed by atoms with Crippen molar-refractivity contribution in [2.75, 3.05) is 17.2 Å². The Morgan fingerprint density at radius 1 is 0.857 bits per heavy atom. The van der Waals surface area contributed by atoms with Gasteiger partial charge in [-0.3, -0.25) is 14.4 Å². The van der Waals surface area contributed by atoms with E-state index in [2.05, 4.69) is 10.6 Å². The quantitative estimate of drug-likeness (QED) is 0.406. The molecule has 0 aliphatic carbocycles. The Morgan fingerprint density at radius 2 is 1.51 bits per heavy atom. The van der Waals surface area contributed by atoms with Gasteiger partial charge >= 0.3 is 12.1 Å². The van der Waals surface area contributed by atoms with Gasteiger partial charge in [0, 0.05) is 16.9 Å². The van der Waals surface area contributed by atoms with E-state index in [4.69, 9.17) is 4.74 Å². The van der Waals surface area contributed by atoms with Crippen LogP contribution in [0.4, 0.5) is 24.5 Å².